The van der Waals surface area contributed by atoms with Gasteiger partial charge in [-0.3, -0.25) is 0 Å². The van der Waals surface area contributed by atoms with E-state index >= 15 is 0 Å². The predicted octanol–water partition coefficient (Wildman–Crippen LogP) is 2.10. The van der Waals surface area contributed by atoms with Gasteiger partial charge in [0, 0.05) is 27.1 Å². The van der Waals surface area contributed by atoms with Crippen molar-refractivity contribution in [1.29, 1.82) is 0 Å². The highest BCUT2D eigenvalue weighted by molar-refractivity contribution is 4.78. The lowest BCUT2D eigenvalue weighted by Gasteiger charge is -2.36. The second-order valence-corrected chi connectivity index (χ2v) is 3.46. The van der Waals surface area contributed by atoms with Gasteiger partial charge in [-0.15, -0.1) is 6.58 Å². The van der Waals surface area contributed by atoms with Crippen molar-refractivity contribution < 1.29 is 14.6 Å². The second kappa shape index (κ2) is 6.98. The molecule has 0 amide bonds. The Morgan fingerprint density at radius 3 is 1.93 bits per heavy atom. The molecule has 14 heavy (non-hydrogen) atoms. The van der Waals surface area contributed by atoms with E-state index in [1.54, 1.807) is 20.3 Å². The second-order valence-electron chi connectivity index (χ2n) is 3.46. The Bertz CT molecular complexity index is 143. The van der Waals surface area contributed by atoms with E-state index in [0.29, 0.717) is 0 Å². The van der Waals surface area contributed by atoms with Gasteiger partial charge in [0.25, 0.3) is 0 Å². The molecule has 0 radical (unpaired) electrons. The maximum Gasteiger partial charge on any atom is 0.167 e. The fourth-order valence-electron chi connectivity index (χ4n) is 1.53. The topological polar surface area (TPSA) is 38.7 Å². The minimum Gasteiger partial charge on any atom is -0.393 e. The molecule has 0 saturated heterocycles. The summed E-state index contributed by atoms with van der Waals surface area (Å²) in [5.74, 6) is -0.417. The average Bonchev–Trinajstić information content (AvgIpc) is 2.21. The molecule has 1 N–H and O–H groups in total. The zero-order valence-electron chi connectivity index (χ0n) is 9.45. The third kappa shape index (κ3) is 4.22. The number of hydrogen-bond acceptors (Lipinski definition) is 3. The molecule has 0 bridgehead atoms. The first-order valence-electron chi connectivity index (χ1n) is 4.99. The number of methoxy groups -OCH3 is 2. The van der Waals surface area contributed by atoms with E-state index in [0.717, 1.165) is 25.7 Å². The summed E-state index contributed by atoms with van der Waals surface area (Å²) in [6, 6.07) is 0. The lowest BCUT2D eigenvalue weighted by molar-refractivity contribution is -0.231. The van der Waals surface area contributed by atoms with E-state index in [2.05, 4.69) is 6.58 Å². The Balaban J connectivity index is 0.000000500. The SMILES string of the molecule is C=CC.COC1(OC)CCC(O)CC1. The van der Waals surface area contributed by atoms with E-state index in [4.69, 9.17) is 9.47 Å². The molecule has 0 aromatic carbocycles. The first-order chi connectivity index (χ1) is 6.64. The Morgan fingerprint density at radius 1 is 1.29 bits per heavy atom. The lowest BCUT2D eigenvalue weighted by Crippen LogP contribution is -2.39. The number of aliphatic hydroxyl groups is 1. The maximum absolute atomic E-state index is 9.22. The van der Waals surface area contributed by atoms with Crippen LogP contribution in [-0.4, -0.2) is 31.2 Å². The summed E-state index contributed by atoms with van der Waals surface area (Å²) in [5, 5.41) is 9.22. The highest BCUT2D eigenvalue weighted by Gasteiger charge is 2.34. The largest absolute Gasteiger partial charge is 0.393 e. The average molecular weight is 202 g/mol. The van der Waals surface area contributed by atoms with Crippen LogP contribution in [0, 0.1) is 0 Å². The van der Waals surface area contributed by atoms with Crippen LogP contribution in [0.15, 0.2) is 12.7 Å². The van der Waals surface area contributed by atoms with Crippen LogP contribution in [0.3, 0.4) is 0 Å². The Kier molecular flexibility index (Phi) is 6.79. The normalized spacial score (nSPS) is 20.9. The van der Waals surface area contributed by atoms with Crippen LogP contribution in [-0.2, 0) is 9.47 Å². The van der Waals surface area contributed by atoms with E-state index in [1.807, 2.05) is 6.92 Å². The van der Waals surface area contributed by atoms with Gasteiger partial charge in [0.05, 0.1) is 6.10 Å². The molecule has 84 valence electrons. The van der Waals surface area contributed by atoms with Crippen molar-refractivity contribution in [1.82, 2.24) is 0 Å². The Morgan fingerprint density at radius 2 is 1.64 bits per heavy atom. The molecule has 0 aliphatic heterocycles. The van der Waals surface area contributed by atoms with Gasteiger partial charge in [0.1, 0.15) is 0 Å². The van der Waals surface area contributed by atoms with Crippen LogP contribution in [0.4, 0.5) is 0 Å². The fourth-order valence-corrected chi connectivity index (χ4v) is 1.53. The number of ether oxygens (including phenoxy) is 2. The number of hydrogen-bond donors (Lipinski definition) is 1. The molecule has 1 saturated carbocycles. The van der Waals surface area contributed by atoms with Crippen LogP contribution in [0.25, 0.3) is 0 Å². The van der Waals surface area contributed by atoms with Gasteiger partial charge in [0.2, 0.25) is 0 Å². The van der Waals surface area contributed by atoms with Crippen molar-refractivity contribution in [3.63, 3.8) is 0 Å². The van der Waals surface area contributed by atoms with Crippen molar-refractivity contribution in [3.05, 3.63) is 12.7 Å². The quantitative estimate of drug-likeness (QED) is 0.550. The zero-order chi connectivity index (χ0) is 11.0. The third-order valence-electron chi connectivity index (χ3n) is 2.46. The highest BCUT2D eigenvalue weighted by Crippen LogP contribution is 2.31. The molecule has 1 aliphatic rings. The number of rotatable bonds is 2. The molecule has 1 rings (SSSR count). The van der Waals surface area contributed by atoms with Gasteiger partial charge in [0.15, 0.2) is 5.79 Å². The number of aliphatic hydroxyl groups excluding tert-OH is 1. The van der Waals surface area contributed by atoms with Gasteiger partial charge < -0.3 is 14.6 Å². The van der Waals surface area contributed by atoms with Gasteiger partial charge in [-0.05, 0) is 19.8 Å². The standard InChI is InChI=1S/C8H16O3.C3H6/c1-10-8(11-2)5-3-7(9)4-6-8;1-3-2/h7,9H,3-6H2,1-2H3;3H,1H2,2H3. The summed E-state index contributed by atoms with van der Waals surface area (Å²) in [4.78, 5) is 0. The molecule has 1 aliphatic carbocycles. The summed E-state index contributed by atoms with van der Waals surface area (Å²) >= 11 is 0. The molecule has 0 aromatic rings. The summed E-state index contributed by atoms with van der Waals surface area (Å²) in [6.45, 7) is 5.25. The molecule has 0 unspecified atom stereocenters. The molecular weight excluding hydrogens is 180 g/mol. The Labute approximate surface area is 86.7 Å². The van der Waals surface area contributed by atoms with Crippen LogP contribution in [0.1, 0.15) is 32.6 Å². The van der Waals surface area contributed by atoms with Crippen molar-refractivity contribution in [3.8, 4) is 0 Å². The molecule has 0 spiro atoms. The van der Waals surface area contributed by atoms with Crippen LogP contribution < -0.4 is 0 Å². The van der Waals surface area contributed by atoms with Crippen LogP contribution in [0.2, 0.25) is 0 Å². The summed E-state index contributed by atoms with van der Waals surface area (Å²) in [5.41, 5.74) is 0. The molecule has 3 heteroatoms. The monoisotopic (exact) mass is 202 g/mol. The summed E-state index contributed by atoms with van der Waals surface area (Å²) < 4.78 is 10.5. The van der Waals surface area contributed by atoms with Crippen LogP contribution in [0.5, 0.6) is 0 Å². The highest BCUT2D eigenvalue weighted by atomic mass is 16.7. The summed E-state index contributed by atoms with van der Waals surface area (Å²) in [6.07, 6.45) is 4.74. The van der Waals surface area contributed by atoms with E-state index in [1.165, 1.54) is 0 Å². The van der Waals surface area contributed by atoms with Crippen molar-refractivity contribution >= 4 is 0 Å². The molecule has 1 fully saturated rings. The first-order valence-corrected chi connectivity index (χ1v) is 4.99. The fraction of sp³-hybridized carbons (Fsp3) is 0.818. The molecule has 0 heterocycles. The van der Waals surface area contributed by atoms with Gasteiger partial charge in [-0.2, -0.15) is 0 Å². The smallest absolute Gasteiger partial charge is 0.167 e. The first kappa shape index (κ1) is 13.6. The number of allylic oxidation sites excluding steroid dienone is 1. The lowest BCUT2D eigenvalue weighted by atomic mass is 9.92. The van der Waals surface area contributed by atoms with E-state index in [9.17, 15) is 5.11 Å². The van der Waals surface area contributed by atoms with Crippen molar-refractivity contribution in [2.75, 3.05) is 14.2 Å². The maximum atomic E-state index is 9.22. The van der Waals surface area contributed by atoms with Gasteiger partial charge >= 0.3 is 0 Å². The van der Waals surface area contributed by atoms with Crippen molar-refractivity contribution in [2.24, 2.45) is 0 Å². The van der Waals surface area contributed by atoms with E-state index in [-0.39, 0.29) is 6.10 Å². The molecule has 0 aromatic heterocycles. The minimum absolute atomic E-state index is 0.159. The minimum atomic E-state index is -0.417. The van der Waals surface area contributed by atoms with Crippen molar-refractivity contribution in [2.45, 2.75) is 44.5 Å². The summed E-state index contributed by atoms with van der Waals surface area (Å²) in [7, 11) is 3.31. The third-order valence-corrected chi connectivity index (χ3v) is 2.46. The molecule has 3 nitrogen and oxygen atoms in total. The van der Waals surface area contributed by atoms with Crippen LogP contribution >= 0.6 is 0 Å². The van der Waals surface area contributed by atoms with Gasteiger partial charge in [-0.1, -0.05) is 6.08 Å². The Hall–Kier alpha value is -0.380. The van der Waals surface area contributed by atoms with E-state index < -0.39 is 5.79 Å². The predicted molar refractivity (Wildman–Crippen MR) is 57.1 cm³/mol. The van der Waals surface area contributed by atoms with Gasteiger partial charge in [-0.25, -0.2) is 0 Å². The molecule has 0 atom stereocenters. The molecular formula is C11H22O3. The zero-order valence-corrected chi connectivity index (χ0v) is 9.45.